The molecule has 0 aliphatic rings. The molecule has 0 aliphatic carbocycles. The lowest BCUT2D eigenvalue weighted by Crippen LogP contribution is -1.83. The van der Waals surface area contributed by atoms with Gasteiger partial charge in [0.1, 0.15) is 10.8 Å². The number of halogens is 2. The standard InChI is InChI=1S/C11H7ClFNOS/c1-6(15)10-5-14-11(16-10)7-2-3-8(12)9(13)4-7/h2-5H,1H3. The molecule has 0 bridgehead atoms. The van der Waals surface area contributed by atoms with E-state index in [0.29, 0.717) is 15.4 Å². The number of hydrogen-bond donors (Lipinski definition) is 0. The average Bonchev–Trinajstić information content (AvgIpc) is 2.71. The van der Waals surface area contributed by atoms with Gasteiger partial charge in [-0.1, -0.05) is 17.7 Å². The number of benzene rings is 1. The van der Waals surface area contributed by atoms with Gasteiger partial charge in [-0.05, 0) is 12.1 Å². The predicted molar refractivity (Wildman–Crippen MR) is 62.5 cm³/mol. The molecule has 0 amide bonds. The second kappa shape index (κ2) is 4.31. The number of rotatable bonds is 2. The Bertz CT molecular complexity index is 553. The minimum Gasteiger partial charge on any atom is -0.294 e. The van der Waals surface area contributed by atoms with Crippen molar-refractivity contribution in [2.45, 2.75) is 6.92 Å². The minimum atomic E-state index is -0.487. The SMILES string of the molecule is CC(=O)c1cnc(-c2ccc(Cl)c(F)c2)s1. The Hall–Kier alpha value is -1.26. The largest absolute Gasteiger partial charge is 0.294 e. The highest BCUT2D eigenvalue weighted by Gasteiger charge is 2.09. The van der Waals surface area contributed by atoms with E-state index in [4.69, 9.17) is 11.6 Å². The van der Waals surface area contributed by atoms with E-state index in [2.05, 4.69) is 4.98 Å². The van der Waals surface area contributed by atoms with E-state index in [9.17, 15) is 9.18 Å². The van der Waals surface area contributed by atoms with Gasteiger partial charge in [0.05, 0.1) is 9.90 Å². The second-order valence-electron chi connectivity index (χ2n) is 3.21. The maximum atomic E-state index is 13.2. The van der Waals surface area contributed by atoms with Crippen molar-refractivity contribution in [1.29, 1.82) is 0 Å². The number of thiazole rings is 1. The van der Waals surface area contributed by atoms with Crippen LogP contribution in [0.5, 0.6) is 0 Å². The lowest BCUT2D eigenvalue weighted by atomic mass is 10.2. The van der Waals surface area contributed by atoms with Gasteiger partial charge >= 0.3 is 0 Å². The van der Waals surface area contributed by atoms with Crippen LogP contribution in [0.15, 0.2) is 24.4 Å². The zero-order chi connectivity index (χ0) is 11.7. The summed E-state index contributed by atoms with van der Waals surface area (Å²) in [7, 11) is 0. The molecule has 0 unspecified atom stereocenters. The first-order valence-electron chi connectivity index (χ1n) is 4.50. The highest BCUT2D eigenvalue weighted by atomic mass is 35.5. The Balaban J connectivity index is 2.42. The Morgan fingerprint density at radius 1 is 1.50 bits per heavy atom. The van der Waals surface area contributed by atoms with E-state index in [-0.39, 0.29) is 10.8 Å². The fourth-order valence-corrected chi connectivity index (χ4v) is 2.12. The second-order valence-corrected chi connectivity index (χ2v) is 4.65. The highest BCUT2D eigenvalue weighted by molar-refractivity contribution is 7.16. The Labute approximate surface area is 101 Å². The monoisotopic (exact) mass is 255 g/mol. The van der Waals surface area contributed by atoms with Crippen LogP contribution >= 0.6 is 22.9 Å². The molecule has 0 saturated heterocycles. The van der Waals surface area contributed by atoms with E-state index in [0.717, 1.165) is 0 Å². The summed E-state index contributed by atoms with van der Waals surface area (Å²) < 4.78 is 13.2. The minimum absolute atomic E-state index is 0.0433. The topological polar surface area (TPSA) is 30.0 Å². The van der Waals surface area contributed by atoms with Gasteiger partial charge in [-0.3, -0.25) is 4.79 Å². The molecule has 0 atom stereocenters. The van der Waals surface area contributed by atoms with Gasteiger partial charge in [-0.2, -0.15) is 0 Å². The zero-order valence-electron chi connectivity index (χ0n) is 8.33. The van der Waals surface area contributed by atoms with Gasteiger partial charge in [0.15, 0.2) is 5.78 Å². The molecule has 0 saturated carbocycles. The molecule has 16 heavy (non-hydrogen) atoms. The molecule has 82 valence electrons. The van der Waals surface area contributed by atoms with Gasteiger partial charge in [0.25, 0.3) is 0 Å². The van der Waals surface area contributed by atoms with Crippen LogP contribution in [-0.4, -0.2) is 10.8 Å². The van der Waals surface area contributed by atoms with Crippen molar-refractivity contribution in [3.05, 3.63) is 40.1 Å². The molecule has 1 aromatic heterocycles. The van der Waals surface area contributed by atoms with Crippen LogP contribution < -0.4 is 0 Å². The van der Waals surface area contributed by atoms with Gasteiger partial charge in [-0.25, -0.2) is 9.37 Å². The molecule has 2 rings (SSSR count). The average molecular weight is 256 g/mol. The fourth-order valence-electron chi connectivity index (χ4n) is 1.20. The number of aromatic nitrogens is 1. The Kier molecular flexibility index (Phi) is 3.03. The smallest absolute Gasteiger partial charge is 0.171 e. The van der Waals surface area contributed by atoms with Crippen molar-refractivity contribution in [1.82, 2.24) is 4.98 Å². The summed E-state index contributed by atoms with van der Waals surface area (Å²) in [6.07, 6.45) is 1.49. The molecule has 0 aliphatic heterocycles. The highest BCUT2D eigenvalue weighted by Crippen LogP contribution is 2.28. The van der Waals surface area contributed by atoms with Crippen LogP contribution in [0, 0.1) is 5.82 Å². The van der Waals surface area contributed by atoms with Gasteiger partial charge in [-0.15, -0.1) is 11.3 Å². The molecule has 2 aromatic rings. The van der Waals surface area contributed by atoms with Gasteiger partial charge in [0, 0.05) is 18.7 Å². The molecule has 0 fully saturated rings. The lowest BCUT2D eigenvalue weighted by molar-refractivity contribution is 0.102. The predicted octanol–water partition coefficient (Wildman–Crippen LogP) is 3.81. The first kappa shape index (κ1) is 11.2. The number of carbonyl (C=O) groups is 1. The Morgan fingerprint density at radius 2 is 2.25 bits per heavy atom. The van der Waals surface area contributed by atoms with Crippen molar-refractivity contribution < 1.29 is 9.18 Å². The third kappa shape index (κ3) is 2.13. The summed E-state index contributed by atoms with van der Waals surface area (Å²) in [5.41, 5.74) is 0.624. The van der Waals surface area contributed by atoms with Crippen molar-refractivity contribution in [2.75, 3.05) is 0 Å². The third-order valence-corrected chi connectivity index (χ3v) is 3.47. The summed E-state index contributed by atoms with van der Waals surface area (Å²) in [5.74, 6) is -0.531. The van der Waals surface area contributed by atoms with Crippen LogP contribution in [0.1, 0.15) is 16.6 Å². The van der Waals surface area contributed by atoms with Crippen LogP contribution in [-0.2, 0) is 0 Å². The van der Waals surface area contributed by atoms with Crippen LogP contribution in [0.25, 0.3) is 10.6 Å². The summed E-state index contributed by atoms with van der Waals surface area (Å²) in [4.78, 5) is 15.7. The fraction of sp³-hybridized carbons (Fsp3) is 0.0909. The number of nitrogens with zero attached hydrogens (tertiary/aromatic N) is 1. The molecule has 1 aromatic carbocycles. The molecule has 0 radical (unpaired) electrons. The molecular weight excluding hydrogens is 249 g/mol. The van der Waals surface area contributed by atoms with Gasteiger partial charge < -0.3 is 0 Å². The van der Waals surface area contributed by atoms with Crippen LogP contribution in [0.2, 0.25) is 5.02 Å². The number of Topliss-reactive ketones (excluding diaryl/α,β-unsaturated/α-hetero) is 1. The third-order valence-electron chi connectivity index (χ3n) is 2.02. The number of hydrogen-bond acceptors (Lipinski definition) is 3. The number of ketones is 1. The molecule has 0 N–H and O–H groups in total. The van der Waals surface area contributed by atoms with E-state index in [1.54, 1.807) is 6.07 Å². The van der Waals surface area contributed by atoms with Crippen molar-refractivity contribution in [3.8, 4) is 10.6 Å². The van der Waals surface area contributed by atoms with Crippen molar-refractivity contribution in [2.24, 2.45) is 0 Å². The van der Waals surface area contributed by atoms with Gasteiger partial charge in [0.2, 0.25) is 0 Å². The summed E-state index contributed by atoms with van der Waals surface area (Å²) in [5, 5.41) is 0.688. The molecule has 0 spiro atoms. The Morgan fingerprint density at radius 3 is 2.81 bits per heavy atom. The van der Waals surface area contributed by atoms with Crippen LogP contribution in [0.4, 0.5) is 4.39 Å². The maximum absolute atomic E-state index is 13.2. The number of carbonyl (C=O) groups excluding carboxylic acids is 1. The zero-order valence-corrected chi connectivity index (χ0v) is 9.90. The summed E-state index contributed by atoms with van der Waals surface area (Å²) in [6, 6.07) is 4.46. The van der Waals surface area contributed by atoms with E-state index in [1.165, 1.54) is 36.6 Å². The van der Waals surface area contributed by atoms with E-state index < -0.39 is 5.82 Å². The first-order valence-corrected chi connectivity index (χ1v) is 5.69. The van der Waals surface area contributed by atoms with Crippen LogP contribution in [0.3, 0.4) is 0 Å². The molecule has 1 heterocycles. The van der Waals surface area contributed by atoms with Crippen molar-refractivity contribution in [3.63, 3.8) is 0 Å². The molecule has 2 nitrogen and oxygen atoms in total. The summed E-state index contributed by atoms with van der Waals surface area (Å²) in [6.45, 7) is 1.47. The maximum Gasteiger partial charge on any atom is 0.171 e. The normalized spacial score (nSPS) is 10.4. The molecule has 5 heteroatoms. The van der Waals surface area contributed by atoms with Crippen molar-refractivity contribution >= 4 is 28.7 Å². The van der Waals surface area contributed by atoms with E-state index >= 15 is 0 Å². The molecular formula is C11H7ClFNOS. The lowest BCUT2D eigenvalue weighted by Gasteiger charge is -1.97. The first-order chi connectivity index (χ1) is 7.58. The van der Waals surface area contributed by atoms with E-state index in [1.807, 2.05) is 0 Å². The summed E-state index contributed by atoms with van der Waals surface area (Å²) >= 11 is 6.82. The quantitative estimate of drug-likeness (QED) is 0.764.